The Balaban J connectivity index is 1.71. The molecule has 1 amide bonds. The first kappa shape index (κ1) is 12.6. The third-order valence-corrected chi connectivity index (χ3v) is 3.66. The van der Waals surface area contributed by atoms with Crippen LogP contribution in [0.15, 0.2) is 66.9 Å². The van der Waals surface area contributed by atoms with Gasteiger partial charge in [-0.15, -0.1) is 0 Å². The van der Waals surface area contributed by atoms with Crippen LogP contribution in [0.1, 0.15) is 10.5 Å². The summed E-state index contributed by atoms with van der Waals surface area (Å²) in [5.74, 6) is -0.212. The van der Waals surface area contributed by atoms with Gasteiger partial charge in [0.05, 0.1) is 0 Å². The van der Waals surface area contributed by atoms with E-state index in [1.54, 1.807) is 24.4 Å². The van der Waals surface area contributed by atoms with Gasteiger partial charge in [0.1, 0.15) is 5.69 Å². The van der Waals surface area contributed by atoms with Crippen LogP contribution in [-0.4, -0.2) is 15.9 Å². The largest absolute Gasteiger partial charge is 0.354 e. The minimum Gasteiger partial charge on any atom is -0.354 e. The van der Waals surface area contributed by atoms with Crippen LogP contribution in [0.2, 0.25) is 0 Å². The predicted octanol–water partition coefficient (Wildman–Crippen LogP) is 3.97. The lowest BCUT2D eigenvalue weighted by atomic mass is 10.1. The summed E-state index contributed by atoms with van der Waals surface area (Å²) in [5, 5.41) is 5.20. The van der Waals surface area contributed by atoms with Gasteiger partial charge >= 0.3 is 0 Å². The van der Waals surface area contributed by atoms with Crippen LogP contribution in [0.25, 0.3) is 21.8 Å². The second-order valence-corrected chi connectivity index (χ2v) is 5.10. The van der Waals surface area contributed by atoms with Gasteiger partial charge in [0.15, 0.2) is 0 Å². The molecule has 0 radical (unpaired) electrons. The van der Waals surface area contributed by atoms with Gasteiger partial charge in [0, 0.05) is 33.7 Å². The first-order chi connectivity index (χ1) is 10.8. The van der Waals surface area contributed by atoms with E-state index < -0.39 is 0 Å². The number of nitrogens with zero attached hydrogens (tertiary/aromatic N) is 1. The number of pyridine rings is 1. The second-order valence-electron chi connectivity index (χ2n) is 5.10. The molecule has 0 aliphatic heterocycles. The van der Waals surface area contributed by atoms with E-state index in [-0.39, 0.29) is 5.91 Å². The maximum atomic E-state index is 12.1. The number of H-pyrrole nitrogens is 1. The van der Waals surface area contributed by atoms with Crippen LogP contribution < -0.4 is 5.32 Å². The number of hydrogen-bond donors (Lipinski definition) is 2. The van der Waals surface area contributed by atoms with E-state index in [2.05, 4.69) is 21.4 Å². The maximum Gasteiger partial charge on any atom is 0.274 e. The highest BCUT2D eigenvalue weighted by Gasteiger charge is 2.08. The number of aromatic nitrogens is 2. The van der Waals surface area contributed by atoms with Crippen LogP contribution in [0.3, 0.4) is 0 Å². The summed E-state index contributed by atoms with van der Waals surface area (Å²) in [5.41, 5.74) is 3.24. The number of carbonyl (C=O) groups excluding carboxylic acids is 1. The number of hydrogen-bond acceptors (Lipinski definition) is 2. The van der Waals surface area contributed by atoms with E-state index in [0.29, 0.717) is 5.69 Å². The quantitative estimate of drug-likeness (QED) is 0.586. The Hall–Kier alpha value is -3.14. The molecule has 0 spiro atoms. The Morgan fingerprint density at radius 1 is 0.909 bits per heavy atom. The Bertz CT molecular complexity index is 973. The number of nitrogens with one attached hydrogen (secondary N) is 2. The Labute approximate surface area is 126 Å². The fraction of sp³-hybridized carbons (Fsp3) is 0. The third-order valence-electron chi connectivity index (χ3n) is 3.66. The SMILES string of the molecule is O=C(Nc1ccc2c(c1)[nH]c1ccccc12)c1ccccn1. The van der Waals surface area contributed by atoms with Gasteiger partial charge in [-0.25, -0.2) is 0 Å². The molecule has 0 fully saturated rings. The van der Waals surface area contributed by atoms with E-state index in [9.17, 15) is 4.79 Å². The molecular weight excluding hydrogens is 274 g/mol. The smallest absolute Gasteiger partial charge is 0.274 e. The Morgan fingerprint density at radius 3 is 2.59 bits per heavy atom. The fourth-order valence-electron chi connectivity index (χ4n) is 2.62. The molecule has 0 aliphatic rings. The van der Waals surface area contributed by atoms with Gasteiger partial charge < -0.3 is 10.3 Å². The maximum absolute atomic E-state index is 12.1. The number of aromatic amines is 1. The second kappa shape index (κ2) is 5.00. The number of carbonyl (C=O) groups is 1. The minimum atomic E-state index is -0.212. The van der Waals surface area contributed by atoms with E-state index in [1.165, 1.54) is 5.39 Å². The van der Waals surface area contributed by atoms with Crippen molar-refractivity contribution in [3.8, 4) is 0 Å². The van der Waals surface area contributed by atoms with Gasteiger partial charge in [-0.3, -0.25) is 9.78 Å². The third kappa shape index (κ3) is 2.11. The number of amides is 1. The van der Waals surface area contributed by atoms with Gasteiger partial charge in [-0.2, -0.15) is 0 Å². The minimum absolute atomic E-state index is 0.212. The molecule has 0 aliphatic carbocycles. The molecule has 4 rings (SSSR count). The lowest BCUT2D eigenvalue weighted by molar-refractivity contribution is 0.102. The molecule has 106 valence electrons. The van der Waals surface area contributed by atoms with Gasteiger partial charge in [-0.1, -0.05) is 30.3 Å². The van der Waals surface area contributed by atoms with Crippen molar-refractivity contribution in [1.82, 2.24) is 9.97 Å². The zero-order chi connectivity index (χ0) is 14.9. The van der Waals surface area contributed by atoms with Crippen LogP contribution in [-0.2, 0) is 0 Å². The number of anilines is 1. The first-order valence-corrected chi connectivity index (χ1v) is 7.04. The molecule has 4 aromatic rings. The topological polar surface area (TPSA) is 57.8 Å². The summed E-state index contributed by atoms with van der Waals surface area (Å²) in [6, 6.07) is 19.3. The summed E-state index contributed by atoms with van der Waals surface area (Å²) in [4.78, 5) is 19.6. The van der Waals surface area contributed by atoms with Gasteiger partial charge in [-0.05, 0) is 30.3 Å². The molecule has 4 nitrogen and oxygen atoms in total. The highest BCUT2D eigenvalue weighted by molar-refractivity contribution is 6.09. The van der Waals surface area contributed by atoms with E-state index >= 15 is 0 Å². The van der Waals surface area contributed by atoms with E-state index in [4.69, 9.17) is 0 Å². The number of benzene rings is 2. The summed E-state index contributed by atoms with van der Waals surface area (Å²) >= 11 is 0. The summed E-state index contributed by atoms with van der Waals surface area (Å²) in [6.45, 7) is 0. The van der Waals surface area contributed by atoms with E-state index in [0.717, 1.165) is 22.1 Å². The normalized spacial score (nSPS) is 10.9. The van der Waals surface area contributed by atoms with E-state index in [1.807, 2.05) is 36.4 Å². The average Bonchev–Trinajstić information content (AvgIpc) is 2.93. The molecule has 2 heterocycles. The highest BCUT2D eigenvalue weighted by atomic mass is 16.1. The average molecular weight is 287 g/mol. The molecular formula is C18H13N3O. The van der Waals surface area contributed by atoms with Crippen molar-refractivity contribution in [3.05, 3.63) is 72.6 Å². The monoisotopic (exact) mass is 287 g/mol. The number of para-hydroxylation sites is 1. The van der Waals surface area contributed by atoms with Gasteiger partial charge in [0.25, 0.3) is 5.91 Å². The molecule has 0 bridgehead atoms. The van der Waals surface area contributed by atoms with Crippen molar-refractivity contribution >= 4 is 33.4 Å². The molecule has 0 saturated carbocycles. The van der Waals surface area contributed by atoms with Gasteiger partial charge in [0.2, 0.25) is 0 Å². The van der Waals surface area contributed by atoms with Crippen LogP contribution >= 0.6 is 0 Å². The molecule has 2 aromatic carbocycles. The zero-order valence-corrected chi connectivity index (χ0v) is 11.7. The number of rotatable bonds is 2. The molecule has 0 atom stereocenters. The van der Waals surface area contributed by atoms with Crippen molar-refractivity contribution in [2.24, 2.45) is 0 Å². The standard InChI is InChI=1S/C18H13N3O/c22-18(16-7-3-4-10-19-16)20-12-8-9-14-13-5-1-2-6-15(13)21-17(14)11-12/h1-11,21H,(H,20,22). The van der Waals surface area contributed by atoms with Crippen molar-refractivity contribution in [1.29, 1.82) is 0 Å². The van der Waals surface area contributed by atoms with Crippen molar-refractivity contribution in [3.63, 3.8) is 0 Å². The lowest BCUT2D eigenvalue weighted by Crippen LogP contribution is -2.13. The van der Waals surface area contributed by atoms with Crippen LogP contribution in [0, 0.1) is 0 Å². The predicted molar refractivity (Wildman–Crippen MR) is 88.0 cm³/mol. The lowest BCUT2D eigenvalue weighted by Gasteiger charge is -2.04. The highest BCUT2D eigenvalue weighted by Crippen LogP contribution is 2.27. The Kier molecular flexibility index (Phi) is 2.86. The van der Waals surface area contributed by atoms with Crippen molar-refractivity contribution in [2.45, 2.75) is 0 Å². The van der Waals surface area contributed by atoms with Crippen LogP contribution in [0.5, 0.6) is 0 Å². The summed E-state index contributed by atoms with van der Waals surface area (Å²) in [7, 11) is 0. The van der Waals surface area contributed by atoms with Crippen LogP contribution in [0.4, 0.5) is 5.69 Å². The molecule has 2 aromatic heterocycles. The molecule has 0 unspecified atom stereocenters. The first-order valence-electron chi connectivity index (χ1n) is 7.04. The molecule has 22 heavy (non-hydrogen) atoms. The fourth-order valence-corrected chi connectivity index (χ4v) is 2.62. The Morgan fingerprint density at radius 2 is 1.73 bits per heavy atom. The molecule has 4 heteroatoms. The summed E-state index contributed by atoms with van der Waals surface area (Å²) in [6.07, 6.45) is 1.61. The zero-order valence-electron chi connectivity index (χ0n) is 11.7. The molecule has 0 saturated heterocycles. The number of fused-ring (bicyclic) bond motifs is 3. The van der Waals surface area contributed by atoms with Crippen molar-refractivity contribution in [2.75, 3.05) is 5.32 Å². The summed E-state index contributed by atoms with van der Waals surface area (Å²) < 4.78 is 0. The molecule has 2 N–H and O–H groups in total. The van der Waals surface area contributed by atoms with Crippen molar-refractivity contribution < 1.29 is 4.79 Å².